The molecule has 23 heavy (non-hydrogen) atoms. The maximum absolute atomic E-state index is 11.7. The van der Waals surface area contributed by atoms with Crippen molar-refractivity contribution in [2.75, 3.05) is 5.32 Å². The fraction of sp³-hybridized carbons (Fsp3) is 0.0625. The molecule has 2 rings (SSSR count). The first-order chi connectivity index (χ1) is 11.0. The van der Waals surface area contributed by atoms with Gasteiger partial charge in [0.1, 0.15) is 5.76 Å². The molecule has 7 heteroatoms. The Morgan fingerprint density at radius 3 is 2.70 bits per heavy atom. The highest BCUT2D eigenvalue weighted by Crippen LogP contribution is 2.18. The Labute approximate surface area is 137 Å². The lowest BCUT2D eigenvalue weighted by Crippen LogP contribution is -2.33. The molecule has 0 aliphatic carbocycles. The van der Waals surface area contributed by atoms with E-state index in [4.69, 9.17) is 21.7 Å². The molecule has 0 saturated carbocycles. The zero-order valence-corrected chi connectivity index (χ0v) is 13.0. The van der Waals surface area contributed by atoms with E-state index in [0.717, 1.165) is 0 Å². The van der Waals surface area contributed by atoms with Crippen LogP contribution in [0.3, 0.4) is 0 Å². The Kier molecular flexibility index (Phi) is 5.27. The number of aromatic carboxylic acids is 1. The van der Waals surface area contributed by atoms with E-state index in [0.29, 0.717) is 17.0 Å². The van der Waals surface area contributed by atoms with Crippen molar-refractivity contribution in [3.63, 3.8) is 0 Å². The summed E-state index contributed by atoms with van der Waals surface area (Å²) in [5.74, 6) is -0.905. The summed E-state index contributed by atoms with van der Waals surface area (Å²) in [6.45, 7) is 1.66. The number of hydrogen-bond donors (Lipinski definition) is 3. The summed E-state index contributed by atoms with van der Waals surface area (Å²) in [4.78, 5) is 22.8. The summed E-state index contributed by atoms with van der Waals surface area (Å²) in [5.41, 5.74) is 1.22. The maximum Gasteiger partial charge on any atom is 0.336 e. The molecule has 118 valence electrons. The van der Waals surface area contributed by atoms with Crippen LogP contribution < -0.4 is 10.6 Å². The van der Waals surface area contributed by atoms with Gasteiger partial charge in [-0.2, -0.15) is 0 Å². The normalized spacial score (nSPS) is 10.5. The molecule has 0 aliphatic heterocycles. The summed E-state index contributed by atoms with van der Waals surface area (Å²) in [6, 6.07) is 8.19. The van der Waals surface area contributed by atoms with E-state index >= 15 is 0 Å². The molecule has 1 aromatic carbocycles. The molecule has 0 atom stereocenters. The van der Waals surface area contributed by atoms with Crippen LogP contribution >= 0.6 is 12.2 Å². The fourth-order valence-corrected chi connectivity index (χ4v) is 2.06. The average Bonchev–Trinajstić information content (AvgIpc) is 3.00. The molecule has 0 spiro atoms. The Morgan fingerprint density at radius 1 is 1.26 bits per heavy atom. The molecule has 6 nitrogen and oxygen atoms in total. The molecule has 0 aliphatic rings. The quantitative estimate of drug-likeness (QED) is 0.590. The third-order valence-corrected chi connectivity index (χ3v) is 3.20. The molecule has 2 aromatic rings. The van der Waals surface area contributed by atoms with E-state index in [1.807, 2.05) is 0 Å². The van der Waals surface area contributed by atoms with Crippen molar-refractivity contribution >= 4 is 41.0 Å². The van der Waals surface area contributed by atoms with Gasteiger partial charge in [-0.05, 0) is 55.0 Å². The maximum atomic E-state index is 11.7. The standard InChI is InChI=1S/C16H14N2O4S/c1-10-12(15(20)21)5-2-6-13(10)17-16(23)18-14(19)8-7-11-4-3-9-22-11/h2-9H,1H3,(H,20,21)(H2,17,18,19,23). The fourth-order valence-electron chi connectivity index (χ4n) is 1.85. The number of rotatable bonds is 4. The van der Waals surface area contributed by atoms with Crippen LogP contribution in [0.2, 0.25) is 0 Å². The SMILES string of the molecule is Cc1c(NC(=S)NC(=O)C=Cc2ccco2)cccc1C(=O)O. The first-order valence-corrected chi connectivity index (χ1v) is 7.04. The van der Waals surface area contributed by atoms with E-state index in [1.54, 1.807) is 31.2 Å². The molecule has 1 amide bonds. The number of furan rings is 1. The Bertz CT molecular complexity index is 766. The number of hydrogen-bond acceptors (Lipinski definition) is 4. The molecule has 0 fully saturated rings. The highest BCUT2D eigenvalue weighted by molar-refractivity contribution is 7.80. The number of thiocarbonyl (C=S) groups is 1. The van der Waals surface area contributed by atoms with E-state index in [9.17, 15) is 9.59 Å². The van der Waals surface area contributed by atoms with Crippen LogP contribution in [0.5, 0.6) is 0 Å². The van der Waals surface area contributed by atoms with Crippen LogP contribution in [0.25, 0.3) is 6.08 Å². The average molecular weight is 330 g/mol. The van der Waals surface area contributed by atoms with Crippen molar-refractivity contribution in [3.05, 3.63) is 59.6 Å². The van der Waals surface area contributed by atoms with Gasteiger partial charge in [-0.25, -0.2) is 4.79 Å². The monoisotopic (exact) mass is 330 g/mol. The second-order valence-electron chi connectivity index (χ2n) is 4.58. The van der Waals surface area contributed by atoms with Gasteiger partial charge in [0.15, 0.2) is 5.11 Å². The first-order valence-electron chi connectivity index (χ1n) is 6.64. The zero-order chi connectivity index (χ0) is 16.8. The van der Waals surface area contributed by atoms with Gasteiger partial charge in [0.25, 0.3) is 0 Å². The van der Waals surface area contributed by atoms with Crippen molar-refractivity contribution in [1.29, 1.82) is 0 Å². The van der Waals surface area contributed by atoms with Crippen LogP contribution in [0, 0.1) is 6.92 Å². The molecule has 0 unspecified atom stereocenters. The Hall–Kier alpha value is -2.93. The van der Waals surface area contributed by atoms with Crippen molar-refractivity contribution < 1.29 is 19.1 Å². The largest absolute Gasteiger partial charge is 0.478 e. The lowest BCUT2D eigenvalue weighted by molar-refractivity contribution is -0.115. The van der Waals surface area contributed by atoms with E-state index in [-0.39, 0.29) is 10.7 Å². The van der Waals surface area contributed by atoms with Crippen molar-refractivity contribution in [2.45, 2.75) is 6.92 Å². The minimum absolute atomic E-state index is 0.0738. The number of carbonyl (C=O) groups excluding carboxylic acids is 1. The third-order valence-electron chi connectivity index (χ3n) is 2.99. The number of nitrogens with one attached hydrogen (secondary N) is 2. The van der Waals surface area contributed by atoms with Crippen LogP contribution in [-0.4, -0.2) is 22.1 Å². The van der Waals surface area contributed by atoms with Crippen molar-refractivity contribution in [2.24, 2.45) is 0 Å². The van der Waals surface area contributed by atoms with Gasteiger partial charge in [-0.3, -0.25) is 10.1 Å². The van der Waals surface area contributed by atoms with Gasteiger partial charge < -0.3 is 14.8 Å². The second kappa shape index (κ2) is 7.37. The number of carbonyl (C=O) groups is 2. The minimum atomic E-state index is -1.03. The van der Waals surface area contributed by atoms with Gasteiger partial charge in [0, 0.05) is 11.8 Å². The third kappa shape index (κ3) is 4.52. The molecule has 3 N–H and O–H groups in total. The van der Waals surface area contributed by atoms with Crippen molar-refractivity contribution in [3.8, 4) is 0 Å². The molecule has 0 radical (unpaired) electrons. The van der Waals surface area contributed by atoms with Gasteiger partial charge >= 0.3 is 5.97 Å². The number of anilines is 1. The lowest BCUT2D eigenvalue weighted by Gasteiger charge is -2.12. The molecular weight excluding hydrogens is 316 g/mol. The van der Waals surface area contributed by atoms with Crippen LogP contribution in [0.4, 0.5) is 5.69 Å². The van der Waals surface area contributed by atoms with Gasteiger partial charge in [-0.1, -0.05) is 6.07 Å². The van der Waals surface area contributed by atoms with Gasteiger partial charge in [0.2, 0.25) is 5.91 Å². The summed E-state index contributed by atoms with van der Waals surface area (Å²) in [7, 11) is 0. The molecule has 0 bridgehead atoms. The van der Waals surface area contributed by atoms with Crippen LogP contribution in [-0.2, 0) is 4.79 Å². The van der Waals surface area contributed by atoms with Gasteiger partial charge in [0.05, 0.1) is 11.8 Å². The van der Waals surface area contributed by atoms with Crippen molar-refractivity contribution in [1.82, 2.24) is 5.32 Å². The highest BCUT2D eigenvalue weighted by atomic mass is 32.1. The molecule has 1 heterocycles. The molecular formula is C16H14N2O4S. The predicted molar refractivity (Wildman–Crippen MR) is 90.2 cm³/mol. The predicted octanol–water partition coefficient (Wildman–Crippen LogP) is 2.81. The smallest absolute Gasteiger partial charge is 0.336 e. The molecule has 0 saturated heterocycles. The van der Waals surface area contributed by atoms with Crippen LogP contribution in [0.1, 0.15) is 21.7 Å². The summed E-state index contributed by atoms with van der Waals surface area (Å²) in [5, 5.41) is 14.4. The minimum Gasteiger partial charge on any atom is -0.478 e. The number of benzene rings is 1. The second-order valence-corrected chi connectivity index (χ2v) is 4.98. The highest BCUT2D eigenvalue weighted by Gasteiger charge is 2.11. The van der Waals surface area contributed by atoms with Crippen LogP contribution in [0.15, 0.2) is 47.1 Å². The number of amides is 1. The first kappa shape index (κ1) is 16.4. The topological polar surface area (TPSA) is 91.6 Å². The van der Waals surface area contributed by atoms with E-state index in [1.165, 1.54) is 24.5 Å². The lowest BCUT2D eigenvalue weighted by atomic mass is 10.1. The Balaban J connectivity index is 1.98. The van der Waals surface area contributed by atoms with Gasteiger partial charge in [-0.15, -0.1) is 0 Å². The van der Waals surface area contributed by atoms with E-state index in [2.05, 4.69) is 10.6 Å². The summed E-state index contributed by atoms with van der Waals surface area (Å²) < 4.78 is 5.06. The number of carboxylic acids is 1. The summed E-state index contributed by atoms with van der Waals surface area (Å²) >= 11 is 5.05. The summed E-state index contributed by atoms with van der Waals surface area (Å²) in [6.07, 6.45) is 4.30. The van der Waals surface area contributed by atoms with E-state index < -0.39 is 11.9 Å². The number of carboxylic acid groups (broad SMARTS) is 1. The zero-order valence-electron chi connectivity index (χ0n) is 12.2. The Morgan fingerprint density at radius 2 is 2.04 bits per heavy atom. The molecule has 1 aromatic heterocycles.